The largest absolute Gasteiger partial charge is 0.497 e. The number of hydrogen-bond acceptors (Lipinski definition) is 7. The van der Waals surface area contributed by atoms with E-state index in [1.165, 1.54) is 10.9 Å². The predicted molar refractivity (Wildman–Crippen MR) is 109 cm³/mol. The first-order valence-electron chi connectivity index (χ1n) is 9.14. The third-order valence-corrected chi connectivity index (χ3v) is 4.48. The Kier molecular flexibility index (Phi) is 5.43. The van der Waals surface area contributed by atoms with Crippen molar-refractivity contribution in [1.29, 1.82) is 0 Å². The first kappa shape index (κ1) is 19.8. The summed E-state index contributed by atoms with van der Waals surface area (Å²) in [6.07, 6.45) is 4.21. The number of aromatic carboxylic acids is 1. The number of carbonyl (C=O) groups is 1. The molecule has 0 fully saturated rings. The number of rotatable bonds is 7. The zero-order chi connectivity index (χ0) is 21.8. The van der Waals surface area contributed by atoms with Crippen LogP contribution in [0.4, 0.5) is 0 Å². The van der Waals surface area contributed by atoms with E-state index in [-0.39, 0.29) is 5.82 Å². The lowest BCUT2D eigenvalue weighted by molar-refractivity contribution is 0.0694. The summed E-state index contributed by atoms with van der Waals surface area (Å²) in [4.78, 5) is 29.6. The fourth-order valence-electron chi connectivity index (χ4n) is 2.88. The summed E-state index contributed by atoms with van der Waals surface area (Å²) in [5, 5.41) is 16.9. The molecule has 10 nitrogen and oxygen atoms in total. The van der Waals surface area contributed by atoms with Crippen LogP contribution in [0.25, 0.3) is 17.1 Å². The summed E-state index contributed by atoms with van der Waals surface area (Å²) < 4.78 is 12.7. The number of aromatic amines is 1. The number of nitrogens with zero attached hydrogens (tertiary/aromatic N) is 4. The molecule has 0 spiro atoms. The summed E-state index contributed by atoms with van der Waals surface area (Å²) in [7, 11) is 1.61. The van der Waals surface area contributed by atoms with E-state index in [0.29, 0.717) is 23.6 Å². The first-order valence-corrected chi connectivity index (χ1v) is 9.14. The Labute approximate surface area is 175 Å². The SMILES string of the molecule is COc1ccc(COc2ccc(-c3ncc(C(=O)O)c(=O)[nH]3)cc2-n2ccnn2)cc1. The molecule has 10 heteroatoms. The lowest BCUT2D eigenvalue weighted by atomic mass is 10.1. The van der Waals surface area contributed by atoms with Crippen molar-refractivity contribution >= 4 is 5.97 Å². The van der Waals surface area contributed by atoms with Crippen molar-refractivity contribution in [3.05, 3.63) is 82.5 Å². The zero-order valence-electron chi connectivity index (χ0n) is 16.3. The number of aromatic nitrogens is 5. The number of nitrogens with one attached hydrogen (secondary N) is 1. The van der Waals surface area contributed by atoms with E-state index in [9.17, 15) is 9.59 Å². The molecule has 0 saturated heterocycles. The van der Waals surface area contributed by atoms with Crippen LogP contribution in [0.5, 0.6) is 11.5 Å². The lowest BCUT2D eigenvalue weighted by Gasteiger charge is -2.13. The molecule has 2 heterocycles. The maximum atomic E-state index is 12.0. The zero-order valence-corrected chi connectivity index (χ0v) is 16.3. The minimum Gasteiger partial charge on any atom is -0.497 e. The van der Waals surface area contributed by atoms with Gasteiger partial charge in [-0.2, -0.15) is 0 Å². The minimum atomic E-state index is -1.34. The van der Waals surface area contributed by atoms with Gasteiger partial charge in [0, 0.05) is 11.8 Å². The van der Waals surface area contributed by atoms with Crippen molar-refractivity contribution in [1.82, 2.24) is 25.0 Å². The van der Waals surface area contributed by atoms with Crippen LogP contribution in [0.1, 0.15) is 15.9 Å². The molecular formula is C21H17N5O5. The van der Waals surface area contributed by atoms with Crippen molar-refractivity contribution in [3.63, 3.8) is 0 Å². The number of hydrogen-bond donors (Lipinski definition) is 2. The highest BCUT2D eigenvalue weighted by Crippen LogP contribution is 2.28. The third-order valence-electron chi connectivity index (χ3n) is 4.48. The molecule has 31 heavy (non-hydrogen) atoms. The maximum Gasteiger partial charge on any atom is 0.342 e. The molecule has 0 aliphatic rings. The Bertz CT molecular complexity index is 1270. The number of H-pyrrole nitrogens is 1. The molecule has 0 aliphatic carbocycles. The molecule has 0 bridgehead atoms. The van der Waals surface area contributed by atoms with Crippen LogP contribution in [0.3, 0.4) is 0 Å². The van der Waals surface area contributed by atoms with Gasteiger partial charge in [0.05, 0.1) is 19.5 Å². The molecule has 2 aromatic carbocycles. The Hall–Kier alpha value is -4.47. The van der Waals surface area contributed by atoms with Gasteiger partial charge in [-0.1, -0.05) is 17.3 Å². The van der Waals surface area contributed by atoms with Gasteiger partial charge < -0.3 is 19.6 Å². The third kappa shape index (κ3) is 4.27. The van der Waals surface area contributed by atoms with Crippen LogP contribution in [-0.2, 0) is 6.61 Å². The van der Waals surface area contributed by atoms with E-state index >= 15 is 0 Å². The van der Waals surface area contributed by atoms with E-state index in [0.717, 1.165) is 17.5 Å². The molecule has 0 radical (unpaired) electrons. The second-order valence-electron chi connectivity index (χ2n) is 6.45. The first-order chi connectivity index (χ1) is 15.0. The lowest BCUT2D eigenvalue weighted by Crippen LogP contribution is -2.18. The quantitative estimate of drug-likeness (QED) is 0.466. The van der Waals surface area contributed by atoms with Crippen LogP contribution in [0.2, 0.25) is 0 Å². The van der Waals surface area contributed by atoms with Gasteiger partial charge >= 0.3 is 5.97 Å². The van der Waals surface area contributed by atoms with Gasteiger partial charge in [-0.25, -0.2) is 14.5 Å². The Morgan fingerprint density at radius 1 is 1.19 bits per heavy atom. The van der Waals surface area contributed by atoms with Gasteiger partial charge in [-0.3, -0.25) is 4.79 Å². The summed E-state index contributed by atoms with van der Waals surface area (Å²) in [6.45, 7) is 0.313. The normalized spacial score (nSPS) is 10.6. The minimum absolute atomic E-state index is 0.220. The van der Waals surface area contributed by atoms with Crippen molar-refractivity contribution in [2.24, 2.45) is 0 Å². The van der Waals surface area contributed by atoms with Crippen molar-refractivity contribution in [2.45, 2.75) is 6.61 Å². The van der Waals surface area contributed by atoms with E-state index in [4.69, 9.17) is 14.6 Å². The molecule has 4 rings (SSSR count). The molecule has 0 amide bonds. The number of benzene rings is 2. The Morgan fingerprint density at radius 2 is 2.00 bits per heavy atom. The molecule has 0 saturated carbocycles. The van der Waals surface area contributed by atoms with Crippen LogP contribution in [0.15, 0.2) is 65.8 Å². The standard InChI is InChI=1S/C21H17N5O5/c1-30-15-5-2-13(3-6-15)12-31-18-7-4-14(10-17(18)26-9-8-23-25-26)19-22-11-16(21(28)29)20(27)24-19/h2-11H,12H2,1H3,(H,28,29)(H,22,24,27). The summed E-state index contributed by atoms with van der Waals surface area (Å²) in [5.41, 5.74) is 0.911. The molecule has 0 aliphatic heterocycles. The maximum absolute atomic E-state index is 12.0. The van der Waals surface area contributed by atoms with Gasteiger partial charge in [0.25, 0.3) is 5.56 Å². The van der Waals surface area contributed by atoms with E-state index in [1.54, 1.807) is 31.5 Å². The van der Waals surface area contributed by atoms with Crippen LogP contribution in [-0.4, -0.2) is 43.1 Å². The number of carboxylic acid groups (broad SMARTS) is 1. The average Bonchev–Trinajstić information content (AvgIpc) is 3.32. The van der Waals surface area contributed by atoms with Crippen molar-refractivity contribution < 1.29 is 19.4 Å². The number of carboxylic acids is 1. The van der Waals surface area contributed by atoms with Crippen LogP contribution >= 0.6 is 0 Å². The highest BCUT2D eigenvalue weighted by atomic mass is 16.5. The van der Waals surface area contributed by atoms with Gasteiger partial charge in [0.15, 0.2) is 0 Å². The molecule has 4 aromatic rings. The summed E-state index contributed by atoms with van der Waals surface area (Å²) in [6, 6.07) is 12.7. The van der Waals surface area contributed by atoms with E-state index in [2.05, 4.69) is 20.3 Å². The molecular weight excluding hydrogens is 402 g/mol. The number of methoxy groups -OCH3 is 1. The van der Waals surface area contributed by atoms with Gasteiger partial charge in [0.1, 0.15) is 35.2 Å². The highest BCUT2D eigenvalue weighted by molar-refractivity contribution is 5.86. The molecule has 2 N–H and O–H groups in total. The Balaban J connectivity index is 1.66. The smallest absolute Gasteiger partial charge is 0.342 e. The van der Waals surface area contributed by atoms with Gasteiger partial charge in [-0.15, -0.1) is 5.10 Å². The Morgan fingerprint density at radius 3 is 2.65 bits per heavy atom. The second-order valence-corrected chi connectivity index (χ2v) is 6.45. The molecule has 156 valence electrons. The fraction of sp³-hybridized carbons (Fsp3) is 0.0952. The van der Waals surface area contributed by atoms with Crippen molar-refractivity contribution in [2.75, 3.05) is 7.11 Å². The highest BCUT2D eigenvalue weighted by Gasteiger charge is 2.14. The van der Waals surface area contributed by atoms with E-state index < -0.39 is 17.1 Å². The van der Waals surface area contributed by atoms with Crippen molar-refractivity contribution in [3.8, 4) is 28.6 Å². The predicted octanol–water partition coefficient (Wildman–Crippen LogP) is 2.30. The second kappa shape index (κ2) is 8.49. The van der Waals surface area contributed by atoms with Crippen LogP contribution in [0, 0.1) is 0 Å². The average molecular weight is 419 g/mol. The fourth-order valence-corrected chi connectivity index (χ4v) is 2.88. The topological polar surface area (TPSA) is 132 Å². The van der Waals surface area contributed by atoms with Crippen LogP contribution < -0.4 is 15.0 Å². The molecule has 2 aromatic heterocycles. The number of ether oxygens (including phenoxy) is 2. The summed E-state index contributed by atoms with van der Waals surface area (Å²) >= 11 is 0. The van der Waals surface area contributed by atoms with E-state index in [1.807, 2.05) is 24.3 Å². The summed E-state index contributed by atoms with van der Waals surface area (Å²) in [5.74, 6) is 0.172. The molecule has 0 atom stereocenters. The van der Waals surface area contributed by atoms with Gasteiger partial charge in [-0.05, 0) is 35.9 Å². The van der Waals surface area contributed by atoms with Gasteiger partial charge in [0.2, 0.25) is 0 Å². The molecule has 0 unspecified atom stereocenters. The monoisotopic (exact) mass is 419 g/mol.